The maximum atomic E-state index is 12.6. The van der Waals surface area contributed by atoms with Crippen molar-refractivity contribution in [3.63, 3.8) is 0 Å². The maximum Gasteiger partial charge on any atom is 0.262 e. The van der Waals surface area contributed by atoms with E-state index < -0.39 is 6.04 Å². The lowest BCUT2D eigenvalue weighted by molar-refractivity contribution is -0.135. The van der Waals surface area contributed by atoms with Crippen molar-refractivity contribution in [2.75, 3.05) is 13.1 Å². The number of rotatable bonds is 4. The number of nitrogens with one attached hydrogen (secondary N) is 1. The number of nitrogens with two attached hydrogens (primary N) is 1. The largest absolute Gasteiger partial charge is 0.341 e. The van der Waals surface area contributed by atoms with Crippen molar-refractivity contribution in [1.29, 1.82) is 0 Å². The Hall–Kier alpha value is -1.40. The highest BCUT2D eigenvalue weighted by Crippen LogP contribution is 2.15. The summed E-state index contributed by atoms with van der Waals surface area (Å²) in [4.78, 5) is 27.2. The molecule has 5 nitrogen and oxygen atoms in total. The highest BCUT2D eigenvalue weighted by Gasteiger charge is 2.30. The van der Waals surface area contributed by atoms with Gasteiger partial charge in [0.05, 0.1) is 4.88 Å². The summed E-state index contributed by atoms with van der Waals surface area (Å²) in [6.45, 7) is 5.26. The lowest BCUT2D eigenvalue weighted by Crippen LogP contribution is -2.53. The fourth-order valence-electron chi connectivity index (χ4n) is 2.45. The fourth-order valence-corrected chi connectivity index (χ4v) is 3.08. The van der Waals surface area contributed by atoms with Gasteiger partial charge in [-0.25, -0.2) is 0 Å². The molecule has 0 bridgehead atoms. The molecule has 1 aliphatic heterocycles. The zero-order chi connectivity index (χ0) is 15.4. The lowest BCUT2D eigenvalue weighted by Gasteiger charge is -2.34. The average Bonchev–Trinajstić information content (AvgIpc) is 2.98. The number of hydrogen-bond acceptors (Lipinski definition) is 4. The van der Waals surface area contributed by atoms with Gasteiger partial charge in [0.25, 0.3) is 5.91 Å². The van der Waals surface area contributed by atoms with Crippen molar-refractivity contribution in [1.82, 2.24) is 10.2 Å². The van der Waals surface area contributed by atoms with Crippen molar-refractivity contribution in [3.8, 4) is 0 Å². The molecule has 2 amide bonds. The van der Waals surface area contributed by atoms with Gasteiger partial charge in [-0.05, 0) is 30.2 Å². The van der Waals surface area contributed by atoms with Crippen LogP contribution in [0.4, 0.5) is 0 Å². The van der Waals surface area contributed by atoms with Crippen LogP contribution in [-0.2, 0) is 4.79 Å². The molecule has 0 aromatic carbocycles. The summed E-state index contributed by atoms with van der Waals surface area (Å²) in [5.41, 5.74) is 5.87. The fraction of sp³-hybridized carbons (Fsp3) is 0.600. The normalized spacial score (nSPS) is 17.8. The molecule has 1 unspecified atom stereocenters. The molecule has 1 aromatic rings. The Morgan fingerprint density at radius 1 is 1.38 bits per heavy atom. The molecule has 1 saturated heterocycles. The molecule has 6 heteroatoms. The monoisotopic (exact) mass is 309 g/mol. The predicted molar refractivity (Wildman–Crippen MR) is 84.2 cm³/mol. The molecule has 3 N–H and O–H groups in total. The van der Waals surface area contributed by atoms with E-state index in [-0.39, 0.29) is 23.8 Å². The molecule has 1 aromatic heterocycles. The minimum absolute atomic E-state index is 0.00167. The average molecular weight is 309 g/mol. The highest BCUT2D eigenvalue weighted by molar-refractivity contribution is 7.12. The van der Waals surface area contributed by atoms with Crippen molar-refractivity contribution in [3.05, 3.63) is 22.4 Å². The van der Waals surface area contributed by atoms with Gasteiger partial charge in [-0.3, -0.25) is 9.59 Å². The lowest BCUT2D eigenvalue weighted by atomic mass is 10.00. The predicted octanol–water partition coefficient (Wildman–Crippen LogP) is 1.45. The zero-order valence-corrected chi connectivity index (χ0v) is 13.4. The molecule has 2 heterocycles. The van der Waals surface area contributed by atoms with E-state index in [2.05, 4.69) is 5.32 Å². The minimum Gasteiger partial charge on any atom is -0.341 e. The van der Waals surface area contributed by atoms with Crippen LogP contribution in [0, 0.1) is 5.92 Å². The van der Waals surface area contributed by atoms with Crippen LogP contribution in [0.5, 0.6) is 0 Å². The van der Waals surface area contributed by atoms with Gasteiger partial charge in [0.2, 0.25) is 5.91 Å². The number of likely N-dealkylation sites (tertiary alicyclic amines) is 1. The first-order chi connectivity index (χ1) is 9.99. The van der Waals surface area contributed by atoms with Crippen LogP contribution in [0.1, 0.15) is 36.4 Å². The Morgan fingerprint density at radius 3 is 2.57 bits per heavy atom. The van der Waals surface area contributed by atoms with E-state index in [1.165, 1.54) is 11.3 Å². The van der Waals surface area contributed by atoms with Crippen LogP contribution in [-0.4, -0.2) is 41.9 Å². The Morgan fingerprint density at radius 2 is 2.05 bits per heavy atom. The zero-order valence-electron chi connectivity index (χ0n) is 12.5. The summed E-state index contributed by atoms with van der Waals surface area (Å²) in [6.07, 6.45) is 1.66. The topological polar surface area (TPSA) is 75.4 Å². The van der Waals surface area contributed by atoms with Crippen molar-refractivity contribution >= 4 is 23.2 Å². The van der Waals surface area contributed by atoms with Gasteiger partial charge in [-0.1, -0.05) is 19.9 Å². The molecule has 1 fully saturated rings. The van der Waals surface area contributed by atoms with Crippen LogP contribution in [0.15, 0.2) is 17.5 Å². The Bertz CT molecular complexity index is 479. The molecular weight excluding hydrogens is 286 g/mol. The van der Waals surface area contributed by atoms with Crippen LogP contribution >= 0.6 is 11.3 Å². The number of nitrogens with zero attached hydrogens (tertiary/aromatic N) is 1. The van der Waals surface area contributed by atoms with E-state index in [9.17, 15) is 9.59 Å². The second kappa shape index (κ2) is 7.04. The van der Waals surface area contributed by atoms with E-state index in [0.717, 1.165) is 12.8 Å². The third kappa shape index (κ3) is 4.04. The summed E-state index contributed by atoms with van der Waals surface area (Å²) in [5.74, 6) is -0.121. The van der Waals surface area contributed by atoms with Crippen molar-refractivity contribution in [2.45, 2.75) is 38.8 Å². The first kappa shape index (κ1) is 16.0. The number of thiophene rings is 1. The van der Waals surface area contributed by atoms with Gasteiger partial charge >= 0.3 is 0 Å². The number of amides is 2. The van der Waals surface area contributed by atoms with E-state index in [1.807, 2.05) is 30.2 Å². The summed E-state index contributed by atoms with van der Waals surface area (Å²) in [5, 5.41) is 4.73. The number of carbonyl (C=O) groups is 2. The molecule has 0 spiro atoms. The molecule has 116 valence electrons. The molecule has 0 saturated carbocycles. The SMILES string of the molecule is CC(C)C(NC(=O)c1cccs1)C(=O)N1CCC(N)CC1. The standard InChI is InChI=1S/C15H23N3O2S/c1-10(2)13(17-14(19)12-4-3-9-21-12)15(20)18-7-5-11(16)6-8-18/h3-4,9-11,13H,5-8,16H2,1-2H3,(H,17,19). The molecule has 2 rings (SSSR count). The quantitative estimate of drug-likeness (QED) is 0.884. The summed E-state index contributed by atoms with van der Waals surface area (Å²) in [6, 6.07) is 3.31. The molecule has 0 aliphatic carbocycles. The summed E-state index contributed by atoms with van der Waals surface area (Å²) < 4.78 is 0. The third-order valence-electron chi connectivity index (χ3n) is 3.82. The van der Waals surface area contributed by atoms with Gasteiger partial charge in [0, 0.05) is 19.1 Å². The minimum atomic E-state index is -0.478. The number of hydrogen-bond donors (Lipinski definition) is 2. The van der Waals surface area contributed by atoms with Gasteiger partial charge in [0.1, 0.15) is 6.04 Å². The molecule has 1 aliphatic rings. The van der Waals surface area contributed by atoms with Crippen LogP contribution in [0.3, 0.4) is 0 Å². The Labute approximate surface area is 129 Å². The first-order valence-electron chi connectivity index (χ1n) is 7.37. The van der Waals surface area contributed by atoms with Crippen LogP contribution in [0.2, 0.25) is 0 Å². The Balaban J connectivity index is 2.01. The molecular formula is C15H23N3O2S. The molecule has 0 radical (unpaired) electrons. The van der Waals surface area contributed by atoms with Crippen LogP contribution < -0.4 is 11.1 Å². The number of piperidine rings is 1. The van der Waals surface area contributed by atoms with E-state index in [4.69, 9.17) is 5.73 Å². The maximum absolute atomic E-state index is 12.6. The third-order valence-corrected chi connectivity index (χ3v) is 4.68. The Kier molecular flexibility index (Phi) is 5.36. The summed E-state index contributed by atoms with van der Waals surface area (Å²) >= 11 is 1.38. The van der Waals surface area contributed by atoms with Crippen LogP contribution in [0.25, 0.3) is 0 Å². The highest BCUT2D eigenvalue weighted by atomic mass is 32.1. The van der Waals surface area contributed by atoms with Crippen molar-refractivity contribution < 1.29 is 9.59 Å². The first-order valence-corrected chi connectivity index (χ1v) is 8.25. The smallest absolute Gasteiger partial charge is 0.262 e. The molecule has 21 heavy (non-hydrogen) atoms. The van der Waals surface area contributed by atoms with E-state index >= 15 is 0 Å². The van der Waals surface area contributed by atoms with Gasteiger partial charge in [-0.15, -0.1) is 11.3 Å². The van der Waals surface area contributed by atoms with Crippen molar-refractivity contribution in [2.24, 2.45) is 11.7 Å². The molecule has 1 atom stereocenters. The van der Waals surface area contributed by atoms with Gasteiger partial charge in [0.15, 0.2) is 0 Å². The second-order valence-electron chi connectivity index (χ2n) is 5.84. The van der Waals surface area contributed by atoms with E-state index in [0.29, 0.717) is 18.0 Å². The second-order valence-corrected chi connectivity index (χ2v) is 6.78. The van der Waals surface area contributed by atoms with E-state index in [1.54, 1.807) is 6.07 Å². The van der Waals surface area contributed by atoms with Gasteiger partial charge in [-0.2, -0.15) is 0 Å². The summed E-state index contributed by atoms with van der Waals surface area (Å²) in [7, 11) is 0. The van der Waals surface area contributed by atoms with Gasteiger partial charge < -0.3 is 16.0 Å². The number of carbonyl (C=O) groups excluding carboxylic acids is 2.